The highest BCUT2D eigenvalue weighted by atomic mass is 16.5. The summed E-state index contributed by atoms with van der Waals surface area (Å²) >= 11 is 0. The number of rotatable bonds is 9. The highest BCUT2D eigenvalue weighted by Crippen LogP contribution is 2.29. The minimum absolute atomic E-state index is 0.242. The van der Waals surface area contributed by atoms with Gasteiger partial charge in [0.25, 0.3) is 5.91 Å². The summed E-state index contributed by atoms with van der Waals surface area (Å²) in [5.74, 6) is -0.713. The third kappa shape index (κ3) is 6.21. The zero-order valence-corrected chi connectivity index (χ0v) is 17.1. The molecular weight excluding hydrogens is 394 g/mol. The summed E-state index contributed by atoms with van der Waals surface area (Å²) in [5, 5.41) is 11.9. The lowest BCUT2D eigenvalue weighted by molar-refractivity contribution is -0.132. The molecule has 0 saturated carbocycles. The lowest BCUT2D eigenvalue weighted by atomic mass is 10.1. The first-order valence-corrected chi connectivity index (χ1v) is 9.73. The Bertz CT molecular complexity index is 1060. The molecule has 6 nitrogen and oxygen atoms in total. The monoisotopic (exact) mass is 417 g/mol. The third-order valence-electron chi connectivity index (χ3n) is 4.50. The lowest BCUT2D eigenvalue weighted by Gasteiger charge is -2.12. The van der Waals surface area contributed by atoms with E-state index < -0.39 is 11.9 Å². The standard InChI is InChI=1S/C25H23NO5/c1-30-23-17-19(12-13-22(23)31-15-14-18-8-4-2-5-9-18)16-21(25(28)29)26-24(27)20-10-6-3-7-11-20/h2-13,16-17H,14-15H2,1H3,(H,26,27)(H,28,29)/b21-16+. The van der Waals surface area contributed by atoms with Gasteiger partial charge in [0.05, 0.1) is 13.7 Å². The second kappa shape index (κ2) is 10.6. The van der Waals surface area contributed by atoms with Crippen molar-refractivity contribution >= 4 is 18.0 Å². The summed E-state index contributed by atoms with van der Waals surface area (Å²) in [6.07, 6.45) is 2.12. The molecule has 0 aliphatic rings. The third-order valence-corrected chi connectivity index (χ3v) is 4.50. The average molecular weight is 417 g/mol. The summed E-state index contributed by atoms with van der Waals surface area (Å²) in [5.41, 5.74) is 1.85. The van der Waals surface area contributed by atoms with Crippen molar-refractivity contribution < 1.29 is 24.2 Å². The number of benzene rings is 3. The first kappa shape index (κ1) is 21.6. The van der Waals surface area contributed by atoms with E-state index in [-0.39, 0.29) is 5.70 Å². The Morgan fingerprint density at radius 2 is 1.61 bits per heavy atom. The van der Waals surface area contributed by atoms with Crippen molar-refractivity contribution in [3.05, 3.63) is 101 Å². The van der Waals surface area contributed by atoms with Crippen molar-refractivity contribution in [1.82, 2.24) is 5.32 Å². The predicted octanol–water partition coefficient (Wildman–Crippen LogP) is 4.17. The first-order chi connectivity index (χ1) is 15.1. The highest BCUT2D eigenvalue weighted by molar-refractivity contribution is 6.02. The normalized spacial score (nSPS) is 10.9. The number of carbonyl (C=O) groups excluding carboxylic acids is 1. The van der Waals surface area contributed by atoms with Crippen LogP contribution in [0, 0.1) is 0 Å². The molecular formula is C25H23NO5. The van der Waals surface area contributed by atoms with Gasteiger partial charge in [-0.25, -0.2) is 4.79 Å². The van der Waals surface area contributed by atoms with Crippen LogP contribution in [0.25, 0.3) is 6.08 Å². The molecule has 3 aromatic rings. The zero-order chi connectivity index (χ0) is 22.1. The van der Waals surface area contributed by atoms with Gasteiger partial charge < -0.3 is 19.9 Å². The van der Waals surface area contributed by atoms with Gasteiger partial charge in [0.1, 0.15) is 5.70 Å². The molecule has 1 amide bonds. The molecule has 3 rings (SSSR count). The van der Waals surface area contributed by atoms with Gasteiger partial charge in [-0.3, -0.25) is 4.79 Å². The van der Waals surface area contributed by atoms with Crippen LogP contribution in [0.3, 0.4) is 0 Å². The molecule has 0 aliphatic heterocycles. The van der Waals surface area contributed by atoms with Gasteiger partial charge in [0.2, 0.25) is 0 Å². The van der Waals surface area contributed by atoms with Crippen LogP contribution >= 0.6 is 0 Å². The fourth-order valence-electron chi connectivity index (χ4n) is 2.92. The van der Waals surface area contributed by atoms with Gasteiger partial charge >= 0.3 is 5.97 Å². The Hall–Kier alpha value is -4.06. The smallest absolute Gasteiger partial charge is 0.352 e. The quantitative estimate of drug-likeness (QED) is 0.511. The van der Waals surface area contributed by atoms with Gasteiger partial charge in [0.15, 0.2) is 11.5 Å². The maximum atomic E-state index is 12.3. The molecule has 0 fully saturated rings. The number of aliphatic carboxylic acids is 1. The van der Waals surface area contributed by atoms with E-state index in [9.17, 15) is 14.7 Å². The van der Waals surface area contributed by atoms with Gasteiger partial charge in [-0.1, -0.05) is 54.6 Å². The number of ether oxygens (including phenoxy) is 2. The molecule has 0 bridgehead atoms. The Kier molecular flexibility index (Phi) is 7.43. The molecule has 0 spiro atoms. The Morgan fingerprint density at radius 3 is 2.26 bits per heavy atom. The second-order valence-electron chi connectivity index (χ2n) is 6.68. The molecule has 158 valence electrons. The van der Waals surface area contributed by atoms with Crippen molar-refractivity contribution in [2.75, 3.05) is 13.7 Å². The van der Waals surface area contributed by atoms with Gasteiger partial charge in [-0.15, -0.1) is 0 Å². The van der Waals surface area contributed by atoms with E-state index in [0.717, 1.165) is 6.42 Å². The second-order valence-corrected chi connectivity index (χ2v) is 6.68. The number of nitrogens with one attached hydrogen (secondary N) is 1. The number of carboxylic acid groups (broad SMARTS) is 1. The van der Waals surface area contributed by atoms with Crippen LogP contribution in [0.15, 0.2) is 84.6 Å². The molecule has 0 radical (unpaired) electrons. The number of methoxy groups -OCH3 is 1. The summed E-state index contributed by atoms with van der Waals surface area (Å²) in [6.45, 7) is 0.475. The molecule has 0 aliphatic carbocycles. The van der Waals surface area contributed by atoms with Crippen LogP contribution in [0.2, 0.25) is 0 Å². The number of carboxylic acids is 1. The van der Waals surface area contributed by atoms with E-state index in [0.29, 0.717) is 29.2 Å². The van der Waals surface area contributed by atoms with Gasteiger partial charge in [0, 0.05) is 12.0 Å². The highest BCUT2D eigenvalue weighted by Gasteiger charge is 2.14. The maximum Gasteiger partial charge on any atom is 0.352 e. The zero-order valence-electron chi connectivity index (χ0n) is 17.1. The molecule has 0 heterocycles. The van der Waals surface area contributed by atoms with Crippen molar-refractivity contribution in [3.63, 3.8) is 0 Å². The topological polar surface area (TPSA) is 84.9 Å². The predicted molar refractivity (Wildman–Crippen MR) is 118 cm³/mol. The van der Waals surface area contributed by atoms with E-state index in [4.69, 9.17) is 9.47 Å². The molecule has 31 heavy (non-hydrogen) atoms. The van der Waals surface area contributed by atoms with Crippen LogP contribution in [-0.2, 0) is 11.2 Å². The van der Waals surface area contributed by atoms with Crippen LogP contribution in [0.1, 0.15) is 21.5 Å². The maximum absolute atomic E-state index is 12.3. The summed E-state index contributed by atoms with van der Waals surface area (Å²) in [6, 6.07) is 23.5. The van der Waals surface area contributed by atoms with E-state index in [1.54, 1.807) is 48.5 Å². The molecule has 0 unspecified atom stereocenters. The average Bonchev–Trinajstić information content (AvgIpc) is 2.80. The lowest BCUT2D eigenvalue weighted by Crippen LogP contribution is -2.27. The van der Waals surface area contributed by atoms with Crippen LogP contribution in [0.4, 0.5) is 0 Å². The van der Waals surface area contributed by atoms with Crippen LogP contribution in [-0.4, -0.2) is 30.7 Å². The SMILES string of the molecule is COc1cc(/C=C(/NC(=O)c2ccccc2)C(=O)O)ccc1OCCc1ccccc1. The van der Waals surface area contributed by atoms with E-state index in [1.165, 1.54) is 18.7 Å². The number of carbonyl (C=O) groups is 2. The van der Waals surface area contributed by atoms with Gasteiger partial charge in [-0.2, -0.15) is 0 Å². The number of hydrogen-bond donors (Lipinski definition) is 2. The molecule has 0 saturated heterocycles. The Morgan fingerprint density at radius 1 is 0.935 bits per heavy atom. The van der Waals surface area contributed by atoms with Crippen LogP contribution in [0.5, 0.6) is 11.5 Å². The van der Waals surface area contributed by atoms with Crippen molar-refractivity contribution in [1.29, 1.82) is 0 Å². The van der Waals surface area contributed by atoms with Crippen molar-refractivity contribution in [2.45, 2.75) is 6.42 Å². The van der Waals surface area contributed by atoms with Crippen LogP contribution < -0.4 is 14.8 Å². The molecule has 0 atom stereocenters. The van der Waals surface area contributed by atoms with Crippen molar-refractivity contribution in [3.8, 4) is 11.5 Å². The summed E-state index contributed by atoms with van der Waals surface area (Å²) < 4.78 is 11.2. The largest absolute Gasteiger partial charge is 0.493 e. The van der Waals surface area contributed by atoms with Gasteiger partial charge in [-0.05, 0) is 41.5 Å². The number of hydrogen-bond acceptors (Lipinski definition) is 4. The summed E-state index contributed by atoms with van der Waals surface area (Å²) in [7, 11) is 1.52. The summed E-state index contributed by atoms with van der Waals surface area (Å²) in [4.78, 5) is 23.9. The Balaban J connectivity index is 1.72. The molecule has 2 N–H and O–H groups in total. The fraction of sp³-hybridized carbons (Fsp3) is 0.120. The fourth-order valence-corrected chi connectivity index (χ4v) is 2.92. The molecule has 3 aromatic carbocycles. The minimum Gasteiger partial charge on any atom is -0.493 e. The van der Waals surface area contributed by atoms with E-state index in [2.05, 4.69) is 5.32 Å². The molecule has 6 heteroatoms. The van der Waals surface area contributed by atoms with Crippen molar-refractivity contribution in [2.24, 2.45) is 0 Å². The number of amides is 1. The van der Waals surface area contributed by atoms with E-state index >= 15 is 0 Å². The minimum atomic E-state index is -1.24. The first-order valence-electron chi connectivity index (χ1n) is 9.73. The Labute approximate surface area is 180 Å². The van der Waals surface area contributed by atoms with E-state index in [1.807, 2.05) is 30.3 Å². The molecule has 0 aromatic heterocycles.